The van der Waals surface area contributed by atoms with E-state index in [1.807, 2.05) is 0 Å². The van der Waals surface area contributed by atoms with Crippen molar-refractivity contribution in [2.45, 2.75) is 25.4 Å². The molecule has 0 bridgehead atoms. The lowest BCUT2D eigenvalue weighted by Crippen LogP contribution is -2.25. The summed E-state index contributed by atoms with van der Waals surface area (Å²) in [5, 5.41) is 8.78. The van der Waals surface area contributed by atoms with Crippen molar-refractivity contribution in [3.05, 3.63) is 29.3 Å². The molecule has 1 unspecified atom stereocenters. The van der Waals surface area contributed by atoms with Crippen molar-refractivity contribution in [2.75, 3.05) is 11.4 Å². The quantitative estimate of drug-likeness (QED) is 0.839. The van der Waals surface area contributed by atoms with Gasteiger partial charge < -0.3 is 4.90 Å². The van der Waals surface area contributed by atoms with Gasteiger partial charge in [-0.05, 0) is 42.9 Å². The molecule has 110 valence electrons. The molecular formula is C15H13F3N2O. The van der Waals surface area contributed by atoms with E-state index in [0.717, 1.165) is 25.0 Å². The number of benzene rings is 1. The average molecular weight is 294 g/mol. The lowest BCUT2D eigenvalue weighted by molar-refractivity contribution is -0.137. The number of carbonyl (C=O) groups is 1. The van der Waals surface area contributed by atoms with Gasteiger partial charge in [-0.2, -0.15) is 18.4 Å². The van der Waals surface area contributed by atoms with Crippen LogP contribution in [-0.4, -0.2) is 12.5 Å². The summed E-state index contributed by atoms with van der Waals surface area (Å²) in [5.41, 5.74) is -1.17. The fourth-order valence-corrected chi connectivity index (χ4v) is 2.90. The molecule has 0 N–H and O–H groups in total. The van der Waals surface area contributed by atoms with Gasteiger partial charge in [0.2, 0.25) is 5.91 Å². The highest BCUT2D eigenvalue weighted by molar-refractivity contribution is 5.96. The van der Waals surface area contributed by atoms with Crippen molar-refractivity contribution in [3.63, 3.8) is 0 Å². The smallest absolute Gasteiger partial charge is 0.312 e. The Morgan fingerprint density at radius 1 is 1.24 bits per heavy atom. The lowest BCUT2D eigenvalue weighted by Gasteiger charge is -2.19. The first-order chi connectivity index (χ1) is 9.90. The maximum Gasteiger partial charge on any atom is 0.417 e. The third kappa shape index (κ3) is 2.60. The Morgan fingerprint density at radius 2 is 1.95 bits per heavy atom. The molecule has 2 fully saturated rings. The number of hydrogen-bond acceptors (Lipinski definition) is 2. The number of alkyl halides is 3. The van der Waals surface area contributed by atoms with Crippen LogP contribution >= 0.6 is 0 Å². The van der Waals surface area contributed by atoms with Crippen LogP contribution in [0.25, 0.3) is 0 Å². The van der Waals surface area contributed by atoms with Crippen LogP contribution in [0.3, 0.4) is 0 Å². The molecule has 1 aromatic carbocycles. The summed E-state index contributed by atoms with van der Waals surface area (Å²) >= 11 is 0. The van der Waals surface area contributed by atoms with Gasteiger partial charge in [0.05, 0.1) is 17.2 Å². The summed E-state index contributed by atoms with van der Waals surface area (Å²) in [6, 6.07) is 5.01. The van der Waals surface area contributed by atoms with E-state index in [9.17, 15) is 18.0 Å². The topological polar surface area (TPSA) is 44.1 Å². The highest BCUT2D eigenvalue weighted by atomic mass is 19.4. The number of halogens is 3. The van der Waals surface area contributed by atoms with Gasteiger partial charge in [0.1, 0.15) is 0 Å². The van der Waals surface area contributed by atoms with Gasteiger partial charge in [-0.3, -0.25) is 4.79 Å². The zero-order valence-electron chi connectivity index (χ0n) is 11.2. The van der Waals surface area contributed by atoms with Crippen LogP contribution in [0.4, 0.5) is 18.9 Å². The normalized spacial score (nSPS) is 22.5. The number of hydrogen-bond donors (Lipinski definition) is 0. The second-order valence-corrected chi connectivity index (χ2v) is 5.65. The molecule has 0 radical (unpaired) electrons. The molecule has 1 heterocycles. The average Bonchev–Trinajstić information content (AvgIpc) is 3.20. The molecule has 1 saturated heterocycles. The Morgan fingerprint density at radius 3 is 2.52 bits per heavy atom. The molecule has 3 nitrogen and oxygen atoms in total. The number of anilines is 1. The minimum atomic E-state index is -4.60. The van der Waals surface area contributed by atoms with E-state index in [-0.39, 0.29) is 17.5 Å². The van der Waals surface area contributed by atoms with Crippen molar-refractivity contribution in [2.24, 2.45) is 11.8 Å². The maximum atomic E-state index is 13.0. The predicted octanol–water partition coefficient (Wildman–Crippen LogP) is 3.34. The Bertz CT molecular complexity index is 629. The van der Waals surface area contributed by atoms with E-state index in [2.05, 4.69) is 0 Å². The third-order valence-electron chi connectivity index (χ3n) is 4.18. The van der Waals surface area contributed by atoms with Gasteiger partial charge in [-0.25, -0.2) is 0 Å². The van der Waals surface area contributed by atoms with Crippen LogP contribution in [0.1, 0.15) is 30.4 Å². The molecule has 1 aliphatic carbocycles. The van der Waals surface area contributed by atoms with Gasteiger partial charge in [0, 0.05) is 18.7 Å². The van der Waals surface area contributed by atoms with Crippen LogP contribution in [0.5, 0.6) is 0 Å². The molecule has 1 amide bonds. The molecule has 21 heavy (non-hydrogen) atoms. The fraction of sp³-hybridized carbons (Fsp3) is 0.467. The molecule has 1 aliphatic heterocycles. The maximum absolute atomic E-state index is 13.0. The summed E-state index contributed by atoms with van der Waals surface area (Å²) in [5.74, 6) is 0.659. The summed E-state index contributed by atoms with van der Waals surface area (Å²) in [6.45, 7) is 0.479. The third-order valence-corrected chi connectivity index (χ3v) is 4.18. The van der Waals surface area contributed by atoms with Gasteiger partial charge in [-0.15, -0.1) is 0 Å². The number of rotatable bonds is 2. The fourth-order valence-electron chi connectivity index (χ4n) is 2.90. The van der Waals surface area contributed by atoms with Gasteiger partial charge in [-0.1, -0.05) is 0 Å². The van der Waals surface area contributed by atoms with Crippen molar-refractivity contribution >= 4 is 11.6 Å². The molecule has 6 heteroatoms. The summed E-state index contributed by atoms with van der Waals surface area (Å²) < 4.78 is 38.9. The number of carbonyl (C=O) groups excluding carboxylic acids is 1. The van der Waals surface area contributed by atoms with Gasteiger partial charge >= 0.3 is 6.18 Å². The molecule has 3 rings (SSSR count). The summed E-state index contributed by atoms with van der Waals surface area (Å²) in [7, 11) is 0. The first kappa shape index (κ1) is 13.9. The first-order valence-corrected chi connectivity index (χ1v) is 6.82. The van der Waals surface area contributed by atoms with Crippen LogP contribution in [0, 0.1) is 23.2 Å². The number of amides is 1. The monoisotopic (exact) mass is 294 g/mol. The number of nitriles is 1. The molecule has 1 atom stereocenters. The first-order valence-electron chi connectivity index (χ1n) is 6.82. The van der Waals surface area contributed by atoms with E-state index in [1.54, 1.807) is 6.07 Å². The van der Waals surface area contributed by atoms with Crippen LogP contribution < -0.4 is 4.90 Å². The second kappa shape index (κ2) is 4.76. The van der Waals surface area contributed by atoms with E-state index in [0.29, 0.717) is 18.9 Å². The summed E-state index contributed by atoms with van der Waals surface area (Å²) in [6.07, 6.45) is -1.98. The van der Waals surface area contributed by atoms with Gasteiger partial charge in [0.15, 0.2) is 0 Å². The molecule has 0 spiro atoms. The molecule has 0 aromatic heterocycles. The van der Waals surface area contributed by atoms with Crippen molar-refractivity contribution in [3.8, 4) is 6.07 Å². The zero-order valence-corrected chi connectivity index (χ0v) is 11.2. The van der Waals surface area contributed by atoms with Gasteiger partial charge in [0.25, 0.3) is 0 Å². The Balaban J connectivity index is 1.92. The van der Waals surface area contributed by atoms with Crippen molar-refractivity contribution in [1.82, 2.24) is 0 Å². The standard InChI is InChI=1S/C15H13F3N2O/c16-15(17,18)13-6-12(4-3-10(13)7-19)20-8-11(5-14(20)21)9-1-2-9/h3-4,6,9,11H,1-2,5,8H2. The van der Waals surface area contributed by atoms with Crippen molar-refractivity contribution in [1.29, 1.82) is 5.26 Å². The van der Waals surface area contributed by atoms with Crippen LogP contribution in [-0.2, 0) is 11.0 Å². The van der Waals surface area contributed by atoms with E-state index in [4.69, 9.17) is 5.26 Å². The van der Waals surface area contributed by atoms with Crippen LogP contribution in [0.2, 0.25) is 0 Å². The highest BCUT2D eigenvalue weighted by Gasteiger charge is 2.41. The zero-order chi connectivity index (χ0) is 15.2. The second-order valence-electron chi connectivity index (χ2n) is 5.65. The Labute approximate surface area is 120 Å². The predicted molar refractivity (Wildman–Crippen MR) is 69.3 cm³/mol. The summed E-state index contributed by atoms with van der Waals surface area (Å²) in [4.78, 5) is 13.4. The number of nitrogens with zero attached hydrogens (tertiary/aromatic N) is 2. The Hall–Kier alpha value is -2.03. The minimum Gasteiger partial charge on any atom is -0.312 e. The lowest BCUT2D eigenvalue weighted by atomic mass is 10.0. The molecule has 1 aromatic rings. The molecule has 2 aliphatic rings. The van der Waals surface area contributed by atoms with E-state index < -0.39 is 17.3 Å². The van der Waals surface area contributed by atoms with E-state index >= 15 is 0 Å². The minimum absolute atomic E-state index is 0.135. The Kier molecular flexibility index (Phi) is 3.16. The molecule has 1 saturated carbocycles. The SMILES string of the molecule is N#Cc1ccc(N2CC(C3CC3)CC2=O)cc1C(F)(F)F. The largest absolute Gasteiger partial charge is 0.417 e. The van der Waals surface area contributed by atoms with Crippen LogP contribution in [0.15, 0.2) is 18.2 Å². The molecular weight excluding hydrogens is 281 g/mol. The highest BCUT2D eigenvalue weighted by Crippen LogP contribution is 2.43. The van der Waals surface area contributed by atoms with E-state index in [1.165, 1.54) is 11.0 Å². The van der Waals surface area contributed by atoms with Crippen molar-refractivity contribution < 1.29 is 18.0 Å².